The minimum absolute atomic E-state index is 0.0571. The Bertz CT molecular complexity index is 862. The molecule has 0 radical (unpaired) electrons. The van der Waals surface area contributed by atoms with E-state index in [1.54, 1.807) is 0 Å². The number of carbonyl (C=O) groups excluding carboxylic acids is 1. The van der Waals surface area contributed by atoms with Crippen LogP contribution in [0.3, 0.4) is 0 Å². The first-order chi connectivity index (χ1) is 14.0. The van der Waals surface area contributed by atoms with Gasteiger partial charge in [-0.05, 0) is 92.9 Å². The van der Waals surface area contributed by atoms with Gasteiger partial charge < -0.3 is 9.73 Å². The van der Waals surface area contributed by atoms with Gasteiger partial charge >= 0.3 is 0 Å². The van der Waals surface area contributed by atoms with E-state index in [-0.39, 0.29) is 11.9 Å². The monoisotopic (exact) mass is 475 g/mol. The molecular weight excluding hydrogens is 450 g/mol. The maximum Gasteiger partial charge on any atom is 0.277 e. The van der Waals surface area contributed by atoms with Crippen LogP contribution in [0.1, 0.15) is 45.4 Å². The summed E-state index contributed by atoms with van der Waals surface area (Å²) in [5.41, 5.74) is 1.20. The second kappa shape index (κ2) is 7.73. The molecule has 154 valence electrons. The molecule has 1 N–H and O–H groups in total. The number of hydrogen-bond acceptors (Lipinski definition) is 5. The molecule has 1 atom stereocenters. The maximum atomic E-state index is 12.6. The molecule has 1 heterocycles. The van der Waals surface area contributed by atoms with Crippen molar-refractivity contribution in [2.75, 3.05) is 5.75 Å². The summed E-state index contributed by atoms with van der Waals surface area (Å²) in [7, 11) is 0. The van der Waals surface area contributed by atoms with Crippen molar-refractivity contribution in [3.63, 3.8) is 0 Å². The summed E-state index contributed by atoms with van der Waals surface area (Å²) in [5, 5.41) is 11.9. The Morgan fingerprint density at radius 3 is 2.41 bits per heavy atom. The summed E-state index contributed by atoms with van der Waals surface area (Å²) < 4.78 is 6.71. The summed E-state index contributed by atoms with van der Waals surface area (Å²) in [6.45, 7) is 2.22. The second-order valence-electron chi connectivity index (χ2n) is 9.24. The van der Waals surface area contributed by atoms with Crippen molar-refractivity contribution in [1.29, 1.82) is 0 Å². The highest BCUT2D eigenvalue weighted by atomic mass is 79.9. The number of nitrogens with one attached hydrogen (secondary N) is 1. The molecule has 0 spiro atoms. The Morgan fingerprint density at radius 2 is 1.79 bits per heavy atom. The molecule has 0 saturated heterocycles. The zero-order valence-corrected chi connectivity index (χ0v) is 19.0. The molecule has 4 saturated carbocycles. The van der Waals surface area contributed by atoms with E-state index in [9.17, 15) is 4.79 Å². The van der Waals surface area contributed by atoms with Gasteiger partial charge in [-0.25, -0.2) is 0 Å². The highest BCUT2D eigenvalue weighted by Gasteiger charge is 2.53. The largest absolute Gasteiger partial charge is 0.411 e. The molecular formula is C22H26BrN3O2S. The van der Waals surface area contributed by atoms with Crippen LogP contribution in [-0.2, 0) is 4.79 Å². The van der Waals surface area contributed by atoms with Gasteiger partial charge in [0.1, 0.15) is 0 Å². The molecule has 0 aliphatic heterocycles. The van der Waals surface area contributed by atoms with Crippen molar-refractivity contribution in [3.8, 4) is 11.5 Å². The van der Waals surface area contributed by atoms with Crippen LogP contribution in [0.15, 0.2) is 38.4 Å². The van der Waals surface area contributed by atoms with Crippen molar-refractivity contribution in [2.45, 2.75) is 56.7 Å². The minimum atomic E-state index is 0.0571. The highest BCUT2D eigenvalue weighted by Crippen LogP contribution is 2.61. The molecule has 6 rings (SSSR count). The van der Waals surface area contributed by atoms with Crippen molar-refractivity contribution in [1.82, 2.24) is 15.5 Å². The third-order valence-electron chi connectivity index (χ3n) is 7.21. The zero-order valence-electron chi connectivity index (χ0n) is 16.6. The molecule has 4 aliphatic carbocycles. The van der Waals surface area contributed by atoms with Crippen molar-refractivity contribution in [3.05, 3.63) is 28.7 Å². The average molecular weight is 476 g/mol. The summed E-state index contributed by atoms with van der Waals surface area (Å²) in [6, 6.07) is 7.96. The topological polar surface area (TPSA) is 68.0 Å². The van der Waals surface area contributed by atoms with E-state index >= 15 is 0 Å². The van der Waals surface area contributed by atoms with Gasteiger partial charge in [0.2, 0.25) is 11.8 Å². The Labute approximate surface area is 183 Å². The molecule has 1 aromatic heterocycles. The molecule has 29 heavy (non-hydrogen) atoms. The predicted octanol–water partition coefficient (Wildman–Crippen LogP) is 5.31. The van der Waals surface area contributed by atoms with E-state index in [4.69, 9.17) is 4.42 Å². The van der Waals surface area contributed by atoms with Gasteiger partial charge in [0.25, 0.3) is 5.22 Å². The van der Waals surface area contributed by atoms with E-state index < -0.39 is 0 Å². The van der Waals surface area contributed by atoms with E-state index in [2.05, 4.69) is 38.4 Å². The van der Waals surface area contributed by atoms with E-state index in [1.807, 2.05) is 24.3 Å². The van der Waals surface area contributed by atoms with Crippen molar-refractivity contribution in [2.24, 2.45) is 23.2 Å². The lowest BCUT2D eigenvalue weighted by Gasteiger charge is -2.59. The number of aromatic nitrogens is 2. The van der Waals surface area contributed by atoms with Crippen LogP contribution in [0.5, 0.6) is 0 Å². The number of amides is 1. The van der Waals surface area contributed by atoms with E-state index in [0.29, 0.717) is 22.3 Å². The van der Waals surface area contributed by atoms with Crippen molar-refractivity contribution >= 4 is 33.6 Å². The SMILES string of the molecule is C[C@@H](NC(=O)CSc1nnc(-c2ccc(Br)cc2)o1)C12CC3CC(CC(C3)C1)C2. The van der Waals surface area contributed by atoms with Gasteiger partial charge in [0, 0.05) is 16.1 Å². The molecule has 5 nitrogen and oxygen atoms in total. The standard InChI is InChI=1S/C22H26BrN3O2S/c1-13(22-9-14-6-15(10-22)8-16(7-14)11-22)24-19(27)12-29-21-26-25-20(28-21)17-2-4-18(23)5-3-17/h2-5,13-16H,6-12H2,1H3,(H,24,27)/t13-,14?,15?,16?,22?/m1/s1. The quantitative estimate of drug-likeness (QED) is 0.573. The van der Waals surface area contributed by atoms with Crippen molar-refractivity contribution < 1.29 is 9.21 Å². The minimum Gasteiger partial charge on any atom is -0.411 e. The maximum absolute atomic E-state index is 12.6. The lowest BCUT2D eigenvalue weighted by Crippen LogP contribution is -2.56. The fourth-order valence-corrected chi connectivity index (χ4v) is 7.09. The van der Waals surface area contributed by atoms with Gasteiger partial charge in [-0.15, -0.1) is 10.2 Å². The van der Waals surface area contributed by atoms with Gasteiger partial charge in [0.15, 0.2) is 0 Å². The molecule has 0 unspecified atom stereocenters. The first-order valence-corrected chi connectivity index (χ1v) is 12.3. The zero-order chi connectivity index (χ0) is 20.0. The number of nitrogens with zero attached hydrogens (tertiary/aromatic N) is 2. The first-order valence-electron chi connectivity index (χ1n) is 10.5. The summed E-state index contributed by atoms with van der Waals surface area (Å²) in [5.74, 6) is 3.52. The van der Waals surface area contributed by atoms with Gasteiger partial charge in [-0.2, -0.15) is 0 Å². The number of carbonyl (C=O) groups is 1. The molecule has 7 heteroatoms. The Kier molecular flexibility index (Phi) is 5.23. The van der Waals surface area contributed by atoms with Gasteiger partial charge in [-0.1, -0.05) is 27.7 Å². The Morgan fingerprint density at radius 1 is 1.17 bits per heavy atom. The molecule has 1 amide bonds. The number of rotatable bonds is 6. The average Bonchev–Trinajstić information content (AvgIpc) is 3.15. The van der Waals surface area contributed by atoms with E-state index in [1.165, 1.54) is 50.3 Å². The van der Waals surface area contributed by atoms with Crippen LogP contribution in [0.4, 0.5) is 0 Å². The molecule has 4 bridgehead atoms. The van der Waals surface area contributed by atoms with Crippen LogP contribution in [0.25, 0.3) is 11.5 Å². The Hall–Kier alpha value is -1.34. The smallest absolute Gasteiger partial charge is 0.277 e. The lowest BCUT2D eigenvalue weighted by atomic mass is 9.48. The lowest BCUT2D eigenvalue weighted by molar-refractivity contribution is -0.123. The number of hydrogen-bond donors (Lipinski definition) is 1. The summed E-state index contributed by atoms with van der Waals surface area (Å²) >= 11 is 4.72. The first kappa shape index (κ1) is 19.6. The van der Waals surface area contributed by atoms with Crippen LogP contribution >= 0.6 is 27.7 Å². The number of benzene rings is 1. The fourth-order valence-electron chi connectivity index (χ4n) is 6.25. The molecule has 2 aromatic rings. The van der Waals surface area contributed by atoms with Gasteiger partial charge in [0.05, 0.1) is 5.75 Å². The van der Waals surface area contributed by atoms with E-state index in [0.717, 1.165) is 27.8 Å². The van der Waals surface area contributed by atoms with Crippen LogP contribution in [0, 0.1) is 23.2 Å². The predicted molar refractivity (Wildman–Crippen MR) is 116 cm³/mol. The molecule has 4 aliphatic rings. The Balaban J connectivity index is 1.16. The molecule has 1 aromatic carbocycles. The summed E-state index contributed by atoms with van der Waals surface area (Å²) in [4.78, 5) is 12.6. The van der Waals surface area contributed by atoms with Gasteiger partial charge in [-0.3, -0.25) is 4.79 Å². The second-order valence-corrected chi connectivity index (χ2v) is 11.1. The third kappa shape index (κ3) is 4.00. The van der Waals surface area contributed by atoms with Crippen LogP contribution in [0.2, 0.25) is 0 Å². The number of thioether (sulfide) groups is 1. The number of halogens is 1. The highest BCUT2D eigenvalue weighted by molar-refractivity contribution is 9.10. The summed E-state index contributed by atoms with van der Waals surface area (Å²) in [6.07, 6.45) is 8.17. The van der Waals surface area contributed by atoms with Crippen LogP contribution < -0.4 is 5.32 Å². The third-order valence-corrected chi connectivity index (χ3v) is 8.55. The normalized spacial score (nSPS) is 31.0. The fraction of sp³-hybridized carbons (Fsp3) is 0.591. The molecule has 4 fully saturated rings. The van der Waals surface area contributed by atoms with Crippen LogP contribution in [-0.4, -0.2) is 27.9 Å².